The molecule has 6 heteroatoms. The standard InChI is InChI=1S/C9H18N4O2/c1-6(10)7(2,11)9(4,13(14)15)8(6,3)12-5/h5,10-11H2,1-4H3. The molecule has 1 saturated carbocycles. The SMILES string of the molecule is C=NC1(C)C(C)(N)C(C)(N)C1(C)[N+](=O)[O-]. The first-order valence-corrected chi connectivity index (χ1v) is 4.71. The van der Waals surface area contributed by atoms with Crippen molar-refractivity contribution >= 4 is 6.72 Å². The fourth-order valence-electron chi connectivity index (χ4n) is 2.65. The molecule has 1 rings (SSSR count). The van der Waals surface area contributed by atoms with Crippen LogP contribution in [0.5, 0.6) is 0 Å². The van der Waals surface area contributed by atoms with E-state index >= 15 is 0 Å². The van der Waals surface area contributed by atoms with Gasteiger partial charge in [0.25, 0.3) is 5.54 Å². The third-order valence-electron chi connectivity index (χ3n) is 4.73. The Labute approximate surface area is 88.9 Å². The highest BCUT2D eigenvalue weighted by molar-refractivity contribution is 5.44. The van der Waals surface area contributed by atoms with Gasteiger partial charge >= 0.3 is 0 Å². The smallest absolute Gasteiger partial charge is 0.264 e. The monoisotopic (exact) mass is 214 g/mol. The van der Waals surface area contributed by atoms with E-state index in [1.807, 2.05) is 0 Å². The Hall–Kier alpha value is -1.01. The molecule has 4 N–H and O–H groups in total. The largest absolute Gasteiger partial charge is 0.321 e. The van der Waals surface area contributed by atoms with Crippen LogP contribution < -0.4 is 11.5 Å². The number of hydrogen-bond acceptors (Lipinski definition) is 5. The van der Waals surface area contributed by atoms with Crippen LogP contribution >= 0.6 is 0 Å². The summed E-state index contributed by atoms with van der Waals surface area (Å²) >= 11 is 0. The van der Waals surface area contributed by atoms with E-state index < -0.39 is 27.1 Å². The lowest BCUT2D eigenvalue weighted by molar-refractivity contribution is -0.616. The normalized spacial score (nSPS) is 54.5. The van der Waals surface area contributed by atoms with Crippen LogP contribution in [0.3, 0.4) is 0 Å². The molecule has 6 nitrogen and oxygen atoms in total. The molecule has 0 heterocycles. The summed E-state index contributed by atoms with van der Waals surface area (Å²) in [6.45, 7) is 9.75. The van der Waals surface area contributed by atoms with Crippen LogP contribution in [0.2, 0.25) is 0 Å². The lowest BCUT2D eigenvalue weighted by atomic mass is 9.41. The van der Waals surface area contributed by atoms with E-state index in [2.05, 4.69) is 11.7 Å². The van der Waals surface area contributed by atoms with Crippen molar-refractivity contribution in [3.8, 4) is 0 Å². The lowest BCUT2D eigenvalue weighted by Crippen LogP contribution is -2.98. The van der Waals surface area contributed by atoms with Crippen LogP contribution in [0, 0.1) is 10.1 Å². The fraction of sp³-hybridized carbons (Fsp3) is 0.889. The molecule has 0 radical (unpaired) electrons. The van der Waals surface area contributed by atoms with Gasteiger partial charge in [0, 0.05) is 11.8 Å². The zero-order valence-corrected chi connectivity index (χ0v) is 9.57. The van der Waals surface area contributed by atoms with Crippen LogP contribution in [-0.2, 0) is 0 Å². The summed E-state index contributed by atoms with van der Waals surface area (Å²) < 4.78 is 0. The minimum absolute atomic E-state index is 0.406. The molecular weight excluding hydrogens is 196 g/mol. The molecule has 1 fully saturated rings. The Balaban J connectivity index is 3.43. The molecule has 0 aromatic rings. The number of aliphatic imine (C=N–C) groups is 1. The van der Waals surface area contributed by atoms with Gasteiger partial charge in [-0.05, 0) is 27.5 Å². The molecule has 4 atom stereocenters. The van der Waals surface area contributed by atoms with Gasteiger partial charge in [0.2, 0.25) is 0 Å². The lowest BCUT2D eigenvalue weighted by Gasteiger charge is -2.67. The third-order valence-corrected chi connectivity index (χ3v) is 4.73. The minimum Gasteiger partial charge on any atom is -0.321 e. The Morgan fingerprint density at radius 2 is 1.60 bits per heavy atom. The second kappa shape index (κ2) is 2.56. The molecular formula is C9H18N4O2. The summed E-state index contributed by atoms with van der Waals surface area (Å²) in [6.07, 6.45) is 0. The van der Waals surface area contributed by atoms with Gasteiger partial charge in [0.15, 0.2) is 0 Å². The molecule has 0 saturated heterocycles. The van der Waals surface area contributed by atoms with Crippen molar-refractivity contribution in [2.45, 2.75) is 49.9 Å². The van der Waals surface area contributed by atoms with Gasteiger partial charge < -0.3 is 11.5 Å². The zero-order chi connectivity index (χ0) is 12.3. The van der Waals surface area contributed by atoms with Crippen molar-refractivity contribution < 1.29 is 4.92 Å². The summed E-state index contributed by atoms with van der Waals surface area (Å²) in [7, 11) is 0. The van der Waals surface area contributed by atoms with Crippen LogP contribution in [0.15, 0.2) is 4.99 Å². The number of hydrogen-bond donors (Lipinski definition) is 2. The van der Waals surface area contributed by atoms with Crippen molar-refractivity contribution in [2.24, 2.45) is 16.5 Å². The van der Waals surface area contributed by atoms with Crippen molar-refractivity contribution in [2.75, 3.05) is 0 Å². The molecule has 0 aromatic carbocycles. The molecule has 86 valence electrons. The molecule has 0 aromatic heterocycles. The zero-order valence-electron chi connectivity index (χ0n) is 9.57. The third kappa shape index (κ3) is 0.811. The highest BCUT2D eigenvalue weighted by atomic mass is 16.6. The Kier molecular flexibility index (Phi) is 2.06. The van der Waals surface area contributed by atoms with E-state index in [9.17, 15) is 10.1 Å². The molecule has 0 amide bonds. The molecule has 0 bridgehead atoms. The maximum Gasteiger partial charge on any atom is 0.264 e. The van der Waals surface area contributed by atoms with Crippen LogP contribution in [0.1, 0.15) is 27.7 Å². The van der Waals surface area contributed by atoms with Gasteiger partial charge in [-0.3, -0.25) is 15.1 Å². The highest BCUT2D eigenvalue weighted by Gasteiger charge is 2.86. The fourth-order valence-corrected chi connectivity index (χ4v) is 2.65. The van der Waals surface area contributed by atoms with Crippen LogP contribution in [0.4, 0.5) is 0 Å². The van der Waals surface area contributed by atoms with Gasteiger partial charge in [-0.25, -0.2) is 0 Å². The predicted octanol–water partition coefficient (Wildman–Crippen LogP) is -0.0705. The van der Waals surface area contributed by atoms with Crippen LogP contribution in [0.25, 0.3) is 0 Å². The number of rotatable bonds is 2. The molecule has 15 heavy (non-hydrogen) atoms. The van der Waals surface area contributed by atoms with Gasteiger partial charge in [-0.2, -0.15) is 0 Å². The maximum absolute atomic E-state index is 11.2. The van der Waals surface area contributed by atoms with Crippen LogP contribution in [-0.4, -0.2) is 33.8 Å². The van der Waals surface area contributed by atoms with Gasteiger partial charge in [0.1, 0.15) is 11.1 Å². The summed E-state index contributed by atoms with van der Waals surface area (Å²) in [5, 5.41) is 11.2. The first-order chi connectivity index (χ1) is 6.50. The average Bonchev–Trinajstić information content (AvgIpc) is 2.13. The average molecular weight is 214 g/mol. The van der Waals surface area contributed by atoms with Crippen molar-refractivity contribution in [3.05, 3.63) is 10.1 Å². The van der Waals surface area contributed by atoms with Crippen molar-refractivity contribution in [1.29, 1.82) is 0 Å². The molecule has 0 spiro atoms. The molecule has 1 aliphatic rings. The Morgan fingerprint density at radius 1 is 1.20 bits per heavy atom. The van der Waals surface area contributed by atoms with E-state index in [4.69, 9.17) is 11.5 Å². The maximum atomic E-state index is 11.2. The van der Waals surface area contributed by atoms with Gasteiger partial charge in [-0.15, -0.1) is 0 Å². The predicted molar refractivity (Wildman–Crippen MR) is 58.5 cm³/mol. The van der Waals surface area contributed by atoms with Crippen molar-refractivity contribution in [3.63, 3.8) is 0 Å². The summed E-state index contributed by atoms with van der Waals surface area (Å²) in [4.78, 5) is 14.6. The second-order valence-electron chi connectivity index (χ2n) is 4.96. The Morgan fingerprint density at radius 3 is 1.80 bits per heavy atom. The topological polar surface area (TPSA) is 108 Å². The van der Waals surface area contributed by atoms with E-state index in [0.29, 0.717) is 0 Å². The molecule has 1 aliphatic carbocycles. The van der Waals surface area contributed by atoms with E-state index in [1.165, 1.54) is 6.92 Å². The summed E-state index contributed by atoms with van der Waals surface area (Å²) in [5.74, 6) is 0. The van der Waals surface area contributed by atoms with E-state index in [0.717, 1.165) is 0 Å². The van der Waals surface area contributed by atoms with Gasteiger partial charge in [-0.1, -0.05) is 0 Å². The Bertz CT molecular complexity index is 339. The first-order valence-electron chi connectivity index (χ1n) is 4.71. The minimum atomic E-state index is -1.40. The number of nitro groups is 1. The summed E-state index contributed by atoms with van der Waals surface area (Å²) in [6, 6.07) is 0. The highest BCUT2D eigenvalue weighted by Crippen LogP contribution is 2.58. The molecule has 0 aliphatic heterocycles. The first kappa shape index (κ1) is 12.1. The summed E-state index contributed by atoms with van der Waals surface area (Å²) in [5.41, 5.74) is 7.47. The van der Waals surface area contributed by atoms with Crippen molar-refractivity contribution in [1.82, 2.24) is 0 Å². The van der Waals surface area contributed by atoms with E-state index in [-0.39, 0.29) is 0 Å². The number of nitrogens with two attached hydrogens (primary N) is 2. The quantitative estimate of drug-likeness (QED) is 0.381. The van der Waals surface area contributed by atoms with E-state index in [1.54, 1.807) is 20.8 Å². The number of nitrogens with zero attached hydrogens (tertiary/aromatic N) is 2. The second-order valence-corrected chi connectivity index (χ2v) is 4.96. The molecule has 4 unspecified atom stereocenters. The van der Waals surface area contributed by atoms with Gasteiger partial charge in [0.05, 0.1) is 5.54 Å².